The van der Waals surface area contributed by atoms with Gasteiger partial charge in [0.05, 0.1) is 11.4 Å². The summed E-state index contributed by atoms with van der Waals surface area (Å²) < 4.78 is 1.62. The van der Waals surface area contributed by atoms with E-state index in [2.05, 4.69) is 21.4 Å². The number of benzene rings is 1. The van der Waals surface area contributed by atoms with E-state index in [1.165, 1.54) is 0 Å². The predicted octanol–water partition coefficient (Wildman–Crippen LogP) is 2.43. The number of anilines is 1. The van der Waals surface area contributed by atoms with Crippen LogP contribution in [0, 0.1) is 17.2 Å². The molecule has 9 nitrogen and oxygen atoms in total. The highest BCUT2D eigenvalue weighted by atomic mass is 127. The number of amides is 1. The minimum Gasteiger partial charge on any atom is -0.382 e. The summed E-state index contributed by atoms with van der Waals surface area (Å²) in [6, 6.07) is 11.8. The largest absolute Gasteiger partial charge is 0.382 e. The Morgan fingerprint density at radius 2 is 2.12 bits per heavy atom. The first kappa shape index (κ1) is 26.4. The van der Waals surface area contributed by atoms with Crippen molar-refractivity contribution >= 4 is 41.7 Å². The van der Waals surface area contributed by atoms with Gasteiger partial charge in [0.1, 0.15) is 17.5 Å². The Labute approximate surface area is 212 Å². The first-order chi connectivity index (χ1) is 15.5. The fraction of sp³-hybridized carbons (Fsp3) is 0.478. The van der Waals surface area contributed by atoms with E-state index in [-0.39, 0.29) is 35.8 Å². The third kappa shape index (κ3) is 7.08. The Balaban J connectivity index is 0.00000385. The first-order valence-corrected chi connectivity index (χ1v) is 11.2. The maximum Gasteiger partial charge on any atom is 0.217 e. The van der Waals surface area contributed by atoms with Crippen LogP contribution in [0.25, 0.3) is 5.69 Å². The van der Waals surface area contributed by atoms with Crippen LogP contribution in [0.4, 0.5) is 5.82 Å². The van der Waals surface area contributed by atoms with Crippen molar-refractivity contribution < 1.29 is 4.79 Å². The molecule has 3 rings (SSSR count). The number of nitrogens with one attached hydrogen (secondary N) is 1. The van der Waals surface area contributed by atoms with E-state index in [1.807, 2.05) is 37.3 Å². The zero-order valence-electron chi connectivity index (χ0n) is 19.0. The standard InChI is InChI=1S/C23H32N8O.HI/c1-2-27-23(30-13-7-8-17(16-30)14-21(25)32)28-12-6-11-20-19(15-24)22(26)31(29-20)18-9-4-3-5-10-18;/h3-5,9-10,17H,2,6-8,11-14,16,26H2,1H3,(H2,25,32)(H,27,28);1H. The molecule has 1 aliphatic rings. The van der Waals surface area contributed by atoms with Crippen LogP contribution in [-0.4, -0.2) is 52.7 Å². The fourth-order valence-corrected chi connectivity index (χ4v) is 4.11. The Bertz CT molecular complexity index is 982. The van der Waals surface area contributed by atoms with E-state index >= 15 is 0 Å². The number of carbonyl (C=O) groups excluding carboxylic acids is 1. The molecule has 0 aliphatic carbocycles. The van der Waals surface area contributed by atoms with Crippen molar-refractivity contribution in [2.24, 2.45) is 16.6 Å². The van der Waals surface area contributed by atoms with Crippen molar-refractivity contribution in [3.05, 3.63) is 41.6 Å². The number of likely N-dealkylation sites (tertiary alicyclic amines) is 1. The van der Waals surface area contributed by atoms with E-state index in [0.29, 0.717) is 36.5 Å². The zero-order valence-corrected chi connectivity index (χ0v) is 21.4. The van der Waals surface area contributed by atoms with Crippen LogP contribution >= 0.6 is 24.0 Å². The number of carbonyl (C=O) groups is 1. The average molecular weight is 564 g/mol. The van der Waals surface area contributed by atoms with Gasteiger partial charge in [0.25, 0.3) is 0 Å². The number of primary amides is 1. The molecule has 1 atom stereocenters. The number of aryl methyl sites for hydroxylation is 1. The SMILES string of the molecule is CCNC(=NCCCc1nn(-c2ccccc2)c(N)c1C#N)N1CCCC(CC(N)=O)C1.I. The Morgan fingerprint density at radius 3 is 2.79 bits per heavy atom. The van der Waals surface area contributed by atoms with E-state index < -0.39 is 0 Å². The van der Waals surface area contributed by atoms with Gasteiger partial charge in [0.15, 0.2) is 5.96 Å². The molecule has 178 valence electrons. The summed E-state index contributed by atoms with van der Waals surface area (Å²) in [5, 5.41) is 17.5. The highest BCUT2D eigenvalue weighted by molar-refractivity contribution is 14.0. The maximum atomic E-state index is 11.3. The molecular formula is C23H33IN8O. The molecule has 1 aliphatic heterocycles. The molecule has 1 aromatic heterocycles. The molecule has 0 spiro atoms. The van der Waals surface area contributed by atoms with Gasteiger partial charge in [0.2, 0.25) is 5.91 Å². The lowest BCUT2D eigenvalue weighted by atomic mass is 9.95. The number of rotatable bonds is 8. The van der Waals surface area contributed by atoms with Gasteiger partial charge in [-0.25, -0.2) is 4.68 Å². The molecule has 2 heterocycles. The fourth-order valence-electron chi connectivity index (χ4n) is 4.11. The second-order valence-electron chi connectivity index (χ2n) is 8.03. The molecule has 0 saturated carbocycles. The molecule has 5 N–H and O–H groups in total. The van der Waals surface area contributed by atoms with Gasteiger partial charge in [-0.15, -0.1) is 24.0 Å². The number of aromatic nitrogens is 2. The second-order valence-corrected chi connectivity index (χ2v) is 8.03. The number of hydrogen-bond donors (Lipinski definition) is 3. The quantitative estimate of drug-likeness (QED) is 0.195. The predicted molar refractivity (Wildman–Crippen MR) is 141 cm³/mol. The molecule has 1 aromatic carbocycles. The number of piperidine rings is 1. The molecule has 2 aromatic rings. The lowest BCUT2D eigenvalue weighted by Gasteiger charge is -2.34. The summed E-state index contributed by atoms with van der Waals surface area (Å²) in [5.74, 6) is 1.24. The lowest BCUT2D eigenvalue weighted by Crippen LogP contribution is -2.47. The highest BCUT2D eigenvalue weighted by Gasteiger charge is 2.23. The molecule has 33 heavy (non-hydrogen) atoms. The number of para-hydroxylation sites is 1. The topological polar surface area (TPSA) is 138 Å². The van der Waals surface area contributed by atoms with Gasteiger partial charge in [-0.05, 0) is 50.7 Å². The summed E-state index contributed by atoms with van der Waals surface area (Å²) in [4.78, 5) is 18.3. The van der Waals surface area contributed by atoms with Crippen LogP contribution in [0.15, 0.2) is 35.3 Å². The number of guanidine groups is 1. The number of halogens is 1. The van der Waals surface area contributed by atoms with Crippen LogP contribution in [-0.2, 0) is 11.2 Å². The van der Waals surface area contributed by atoms with Crippen molar-refractivity contribution in [3.63, 3.8) is 0 Å². The molecule has 1 amide bonds. The minimum absolute atomic E-state index is 0. The van der Waals surface area contributed by atoms with Crippen LogP contribution in [0.5, 0.6) is 0 Å². The number of nitriles is 1. The minimum atomic E-state index is -0.249. The second kappa shape index (κ2) is 13.0. The Kier molecular flexibility index (Phi) is 10.4. The number of hydrogen-bond acceptors (Lipinski definition) is 5. The van der Waals surface area contributed by atoms with Crippen LogP contribution in [0.1, 0.15) is 43.9 Å². The molecule has 10 heteroatoms. The van der Waals surface area contributed by atoms with Crippen molar-refractivity contribution in [1.29, 1.82) is 5.26 Å². The summed E-state index contributed by atoms with van der Waals surface area (Å²) in [6.45, 7) is 5.11. The molecule has 0 bridgehead atoms. The smallest absolute Gasteiger partial charge is 0.217 e. The number of aliphatic imine (C=N–C) groups is 1. The van der Waals surface area contributed by atoms with Crippen molar-refractivity contribution in [2.45, 2.75) is 39.0 Å². The summed E-state index contributed by atoms with van der Waals surface area (Å²) >= 11 is 0. The van der Waals surface area contributed by atoms with Crippen molar-refractivity contribution in [2.75, 3.05) is 31.9 Å². The van der Waals surface area contributed by atoms with E-state index in [0.717, 1.165) is 50.5 Å². The van der Waals surface area contributed by atoms with Gasteiger partial charge in [-0.2, -0.15) is 10.4 Å². The van der Waals surface area contributed by atoms with Gasteiger partial charge in [0, 0.05) is 32.6 Å². The van der Waals surface area contributed by atoms with Crippen LogP contribution in [0.3, 0.4) is 0 Å². The number of nitrogens with two attached hydrogens (primary N) is 2. The molecule has 1 saturated heterocycles. The number of nitrogens with zero attached hydrogens (tertiary/aromatic N) is 5. The summed E-state index contributed by atoms with van der Waals surface area (Å²) in [7, 11) is 0. The average Bonchev–Trinajstić information content (AvgIpc) is 3.11. The van der Waals surface area contributed by atoms with E-state index in [9.17, 15) is 10.1 Å². The van der Waals surface area contributed by atoms with Crippen molar-refractivity contribution in [3.8, 4) is 11.8 Å². The Morgan fingerprint density at radius 1 is 1.36 bits per heavy atom. The zero-order chi connectivity index (χ0) is 22.9. The van der Waals surface area contributed by atoms with E-state index in [1.54, 1.807) is 4.68 Å². The Hall–Kier alpha value is -2.81. The third-order valence-corrected chi connectivity index (χ3v) is 5.58. The van der Waals surface area contributed by atoms with Gasteiger partial charge >= 0.3 is 0 Å². The molecular weight excluding hydrogens is 531 g/mol. The summed E-state index contributed by atoms with van der Waals surface area (Å²) in [6.07, 6.45) is 3.80. The molecule has 1 unspecified atom stereocenters. The van der Waals surface area contributed by atoms with Crippen LogP contribution < -0.4 is 16.8 Å². The molecule has 1 fully saturated rings. The third-order valence-electron chi connectivity index (χ3n) is 5.58. The number of nitrogen functional groups attached to an aromatic ring is 1. The van der Waals surface area contributed by atoms with Gasteiger partial charge in [-0.1, -0.05) is 18.2 Å². The van der Waals surface area contributed by atoms with E-state index in [4.69, 9.17) is 16.5 Å². The lowest BCUT2D eigenvalue weighted by molar-refractivity contribution is -0.119. The normalized spacial score (nSPS) is 16.1. The highest BCUT2D eigenvalue weighted by Crippen LogP contribution is 2.22. The monoisotopic (exact) mass is 564 g/mol. The van der Waals surface area contributed by atoms with Gasteiger partial charge in [-0.3, -0.25) is 9.79 Å². The maximum absolute atomic E-state index is 11.3. The van der Waals surface area contributed by atoms with Gasteiger partial charge < -0.3 is 21.7 Å². The van der Waals surface area contributed by atoms with Crippen LogP contribution in [0.2, 0.25) is 0 Å². The summed E-state index contributed by atoms with van der Waals surface area (Å²) in [5.41, 5.74) is 13.5. The molecule has 0 radical (unpaired) electrons. The van der Waals surface area contributed by atoms with Crippen molar-refractivity contribution in [1.82, 2.24) is 20.0 Å². The first-order valence-electron chi connectivity index (χ1n) is 11.2.